The number of nitrogens with one attached hydrogen (secondary N) is 1. The zero-order valence-electron chi connectivity index (χ0n) is 15.8. The van der Waals surface area contributed by atoms with Gasteiger partial charge in [0.1, 0.15) is 12.3 Å². The van der Waals surface area contributed by atoms with Crippen LogP contribution in [-0.2, 0) is 39.8 Å². The highest BCUT2D eigenvalue weighted by molar-refractivity contribution is 6.03. The molecule has 2 heterocycles. The zero-order valence-corrected chi connectivity index (χ0v) is 15.8. The molecule has 1 aromatic rings. The van der Waals surface area contributed by atoms with Crippen LogP contribution in [0.5, 0.6) is 0 Å². The van der Waals surface area contributed by atoms with E-state index in [2.05, 4.69) is 5.32 Å². The molecule has 0 radical (unpaired) electrons. The molecule has 2 aliphatic heterocycles. The van der Waals surface area contributed by atoms with Crippen LogP contribution in [0.2, 0.25) is 0 Å². The molecule has 10 nitrogen and oxygen atoms in total. The van der Waals surface area contributed by atoms with E-state index in [0.717, 1.165) is 10.5 Å². The Morgan fingerprint density at radius 1 is 1.31 bits per heavy atom. The zero-order chi connectivity index (χ0) is 21.2. The van der Waals surface area contributed by atoms with Gasteiger partial charge in [-0.2, -0.15) is 0 Å². The molecule has 2 aliphatic rings. The van der Waals surface area contributed by atoms with Crippen molar-refractivity contribution >= 4 is 23.8 Å². The van der Waals surface area contributed by atoms with Gasteiger partial charge in [-0.3, -0.25) is 19.3 Å². The van der Waals surface area contributed by atoms with Crippen molar-refractivity contribution in [3.05, 3.63) is 47.2 Å². The normalized spacial score (nSPS) is 23.2. The van der Waals surface area contributed by atoms with Gasteiger partial charge in [0, 0.05) is 19.6 Å². The number of esters is 1. The first-order valence-electron chi connectivity index (χ1n) is 8.74. The quantitative estimate of drug-likeness (QED) is 0.363. The highest BCUT2D eigenvalue weighted by Crippen LogP contribution is 2.40. The summed E-state index contributed by atoms with van der Waals surface area (Å²) >= 11 is 0. The standard InChI is InChI=1S/C19H20N2O8/c1-11(22)28-9-13-10-29-18-19(27-2,17(26)21(18)15(13)16(24)25)20-14(23)8-12-6-4-3-5-7-12/h3-7,18H,8-10H2,1-2H3,(H,20,23)(H,24,25)/t18-,19+/m1/s1. The molecule has 29 heavy (non-hydrogen) atoms. The molecule has 2 atom stereocenters. The van der Waals surface area contributed by atoms with Crippen LogP contribution >= 0.6 is 0 Å². The SMILES string of the molecule is CO[C@@]1(NC(=O)Cc2ccccc2)C(=O)N2C(C(=O)O)=C(COC(C)=O)CO[C@@H]21. The maximum Gasteiger partial charge on any atom is 0.352 e. The third-order valence-corrected chi connectivity index (χ3v) is 4.62. The van der Waals surface area contributed by atoms with Gasteiger partial charge in [0.25, 0.3) is 11.6 Å². The Bertz CT molecular complexity index is 881. The molecule has 0 unspecified atom stereocenters. The Morgan fingerprint density at radius 2 is 2.00 bits per heavy atom. The predicted octanol–water partition coefficient (Wildman–Crippen LogP) is -0.212. The Labute approximate surface area is 166 Å². The number of methoxy groups -OCH3 is 1. The lowest BCUT2D eigenvalue weighted by molar-refractivity contribution is -0.258. The highest BCUT2D eigenvalue weighted by Gasteiger charge is 2.67. The Hall–Kier alpha value is -3.24. The van der Waals surface area contributed by atoms with E-state index in [0.29, 0.717) is 0 Å². The lowest BCUT2D eigenvalue weighted by Gasteiger charge is -2.55. The first-order chi connectivity index (χ1) is 13.8. The van der Waals surface area contributed by atoms with Crippen molar-refractivity contribution in [3.63, 3.8) is 0 Å². The van der Waals surface area contributed by atoms with Crippen LogP contribution in [0.4, 0.5) is 0 Å². The summed E-state index contributed by atoms with van der Waals surface area (Å²) in [7, 11) is 1.22. The lowest BCUT2D eigenvalue weighted by atomic mass is 9.94. The third-order valence-electron chi connectivity index (χ3n) is 4.62. The number of benzene rings is 1. The fourth-order valence-electron chi connectivity index (χ4n) is 3.28. The molecule has 0 bridgehead atoms. The molecule has 2 N–H and O–H groups in total. The van der Waals surface area contributed by atoms with Crippen molar-refractivity contribution < 1.29 is 38.5 Å². The lowest BCUT2D eigenvalue weighted by Crippen LogP contribution is -2.82. The van der Waals surface area contributed by atoms with Crippen molar-refractivity contribution in [2.75, 3.05) is 20.3 Å². The number of amides is 2. The van der Waals surface area contributed by atoms with Crippen molar-refractivity contribution in [2.45, 2.75) is 25.3 Å². The van der Waals surface area contributed by atoms with Crippen LogP contribution in [0.1, 0.15) is 12.5 Å². The number of fused-ring (bicyclic) bond motifs is 1. The van der Waals surface area contributed by atoms with Gasteiger partial charge in [-0.1, -0.05) is 30.3 Å². The second-order valence-electron chi connectivity index (χ2n) is 6.53. The van der Waals surface area contributed by atoms with Crippen LogP contribution in [0.3, 0.4) is 0 Å². The third kappa shape index (κ3) is 3.71. The van der Waals surface area contributed by atoms with Crippen molar-refractivity contribution in [1.29, 1.82) is 0 Å². The van der Waals surface area contributed by atoms with E-state index in [-0.39, 0.29) is 30.9 Å². The van der Waals surface area contributed by atoms with E-state index in [4.69, 9.17) is 14.2 Å². The topological polar surface area (TPSA) is 131 Å². The summed E-state index contributed by atoms with van der Waals surface area (Å²) < 4.78 is 15.7. The van der Waals surface area contributed by atoms with Gasteiger partial charge >= 0.3 is 11.9 Å². The second-order valence-corrected chi connectivity index (χ2v) is 6.53. The van der Waals surface area contributed by atoms with Gasteiger partial charge in [-0.15, -0.1) is 0 Å². The second kappa shape index (κ2) is 8.02. The summed E-state index contributed by atoms with van der Waals surface area (Å²) in [5.74, 6) is -3.25. The summed E-state index contributed by atoms with van der Waals surface area (Å²) in [5, 5.41) is 12.1. The number of β-lactam (4-membered cyclic amide) rings is 1. The molecule has 10 heteroatoms. The number of ether oxygens (including phenoxy) is 3. The average molecular weight is 404 g/mol. The minimum absolute atomic E-state index is 0.00524. The summed E-state index contributed by atoms with van der Waals surface area (Å²) in [4.78, 5) is 48.9. The number of rotatable bonds is 7. The Kier molecular flexibility index (Phi) is 5.66. The van der Waals surface area contributed by atoms with E-state index in [1.54, 1.807) is 24.3 Å². The van der Waals surface area contributed by atoms with Gasteiger partial charge in [-0.25, -0.2) is 4.79 Å². The van der Waals surface area contributed by atoms with E-state index in [1.807, 2.05) is 6.07 Å². The van der Waals surface area contributed by atoms with Crippen molar-refractivity contribution in [2.24, 2.45) is 0 Å². The van der Waals surface area contributed by atoms with Crippen molar-refractivity contribution in [1.82, 2.24) is 10.2 Å². The number of carbonyl (C=O) groups is 4. The predicted molar refractivity (Wildman–Crippen MR) is 95.9 cm³/mol. The summed E-state index contributed by atoms with van der Waals surface area (Å²) in [6.07, 6.45) is -1.16. The molecule has 1 saturated heterocycles. The monoisotopic (exact) mass is 404 g/mol. The molecule has 0 aliphatic carbocycles. The van der Waals surface area contributed by atoms with Gasteiger partial charge in [0.2, 0.25) is 5.91 Å². The smallest absolute Gasteiger partial charge is 0.352 e. The van der Waals surface area contributed by atoms with Crippen LogP contribution in [-0.4, -0.2) is 66.0 Å². The maximum atomic E-state index is 12.8. The molecule has 1 aromatic carbocycles. The maximum absolute atomic E-state index is 12.8. The van der Waals surface area contributed by atoms with E-state index in [9.17, 15) is 24.3 Å². The number of hydrogen-bond donors (Lipinski definition) is 2. The fourth-order valence-corrected chi connectivity index (χ4v) is 3.28. The minimum atomic E-state index is -1.83. The summed E-state index contributed by atoms with van der Waals surface area (Å²) in [6.45, 7) is 0.650. The highest BCUT2D eigenvalue weighted by atomic mass is 16.6. The van der Waals surface area contributed by atoms with Crippen LogP contribution in [0, 0.1) is 0 Å². The summed E-state index contributed by atoms with van der Waals surface area (Å²) in [5.41, 5.74) is -1.33. The molecule has 1 fully saturated rings. The van der Waals surface area contributed by atoms with E-state index < -0.39 is 35.7 Å². The van der Waals surface area contributed by atoms with Gasteiger partial charge in [0.05, 0.1) is 13.0 Å². The minimum Gasteiger partial charge on any atom is -0.477 e. The first kappa shape index (κ1) is 20.5. The number of nitrogens with zero attached hydrogens (tertiary/aromatic N) is 1. The number of carboxylic acids is 1. The van der Waals surface area contributed by atoms with Gasteiger partial charge in [-0.05, 0) is 5.56 Å². The van der Waals surface area contributed by atoms with Crippen molar-refractivity contribution in [3.8, 4) is 0 Å². The summed E-state index contributed by atoms with van der Waals surface area (Å²) in [6, 6.07) is 8.90. The largest absolute Gasteiger partial charge is 0.477 e. The van der Waals surface area contributed by atoms with Crippen LogP contribution in [0.15, 0.2) is 41.6 Å². The Morgan fingerprint density at radius 3 is 2.59 bits per heavy atom. The van der Waals surface area contributed by atoms with E-state index >= 15 is 0 Å². The Balaban J connectivity index is 1.80. The number of aliphatic carboxylic acids is 1. The van der Waals surface area contributed by atoms with Gasteiger partial charge in [0.15, 0.2) is 6.23 Å². The molecule has 0 aromatic heterocycles. The molecular weight excluding hydrogens is 384 g/mol. The number of carbonyl (C=O) groups excluding carboxylic acids is 3. The van der Waals surface area contributed by atoms with Crippen LogP contribution in [0.25, 0.3) is 0 Å². The number of hydrogen-bond acceptors (Lipinski definition) is 7. The average Bonchev–Trinajstić information content (AvgIpc) is 2.69. The number of carboxylic acid groups (broad SMARTS) is 1. The molecular formula is C19H20N2O8. The molecule has 154 valence electrons. The first-order valence-corrected chi connectivity index (χ1v) is 8.74. The molecule has 0 saturated carbocycles. The molecule has 3 rings (SSSR count). The molecule has 2 amide bonds. The van der Waals surface area contributed by atoms with Gasteiger partial charge < -0.3 is 24.6 Å². The van der Waals surface area contributed by atoms with E-state index in [1.165, 1.54) is 14.0 Å². The fraction of sp³-hybridized carbons (Fsp3) is 0.368. The molecule has 0 spiro atoms. The van der Waals surface area contributed by atoms with Crippen LogP contribution < -0.4 is 5.32 Å².